The van der Waals surface area contributed by atoms with E-state index in [1.54, 1.807) is 0 Å². The van der Waals surface area contributed by atoms with Gasteiger partial charge in [-0.05, 0) is 43.8 Å². The highest BCUT2D eigenvalue weighted by Crippen LogP contribution is 2.26. The van der Waals surface area contributed by atoms with E-state index in [1.165, 1.54) is 11.6 Å². The van der Waals surface area contributed by atoms with Crippen molar-refractivity contribution in [3.63, 3.8) is 0 Å². The summed E-state index contributed by atoms with van der Waals surface area (Å²) in [5.41, 5.74) is 2.08. The molecule has 0 radical (unpaired) electrons. The van der Waals surface area contributed by atoms with Crippen LogP contribution in [0.15, 0.2) is 42.5 Å². The van der Waals surface area contributed by atoms with Crippen molar-refractivity contribution in [1.82, 2.24) is 10.2 Å². The molecule has 2 aromatic carbocycles. The van der Waals surface area contributed by atoms with Crippen LogP contribution >= 0.6 is 0 Å². The van der Waals surface area contributed by atoms with Crippen LogP contribution in [0.1, 0.15) is 34.5 Å². The summed E-state index contributed by atoms with van der Waals surface area (Å²) in [6.07, 6.45) is 0.966. The van der Waals surface area contributed by atoms with Crippen LogP contribution in [-0.4, -0.2) is 41.5 Å². The normalized spacial score (nSPS) is 12.0. The Balaban J connectivity index is 2.09. The third kappa shape index (κ3) is 4.58. The van der Waals surface area contributed by atoms with Crippen LogP contribution < -0.4 is 5.32 Å². The molecule has 7 nitrogen and oxygen atoms in total. The summed E-state index contributed by atoms with van der Waals surface area (Å²) in [5.74, 6) is -0.922. The molecule has 0 aliphatic carbocycles. The molecule has 26 heavy (non-hydrogen) atoms. The van der Waals surface area contributed by atoms with Gasteiger partial charge in [0.15, 0.2) is 5.75 Å². The van der Waals surface area contributed by atoms with Gasteiger partial charge < -0.3 is 15.3 Å². The fourth-order valence-corrected chi connectivity index (χ4v) is 2.68. The van der Waals surface area contributed by atoms with E-state index in [9.17, 15) is 20.0 Å². The maximum Gasteiger partial charge on any atom is 0.310 e. The molecule has 0 aliphatic rings. The van der Waals surface area contributed by atoms with Gasteiger partial charge in [0.05, 0.1) is 11.0 Å². The molecule has 138 valence electrons. The van der Waals surface area contributed by atoms with Gasteiger partial charge in [0, 0.05) is 18.2 Å². The predicted molar refractivity (Wildman–Crippen MR) is 99.3 cm³/mol. The lowest BCUT2D eigenvalue weighted by Crippen LogP contribution is -2.34. The lowest BCUT2D eigenvalue weighted by Gasteiger charge is -2.25. The van der Waals surface area contributed by atoms with E-state index in [4.69, 9.17) is 0 Å². The molecule has 2 aromatic rings. The zero-order valence-electron chi connectivity index (χ0n) is 15.1. The Morgan fingerprint density at radius 2 is 1.88 bits per heavy atom. The average Bonchev–Trinajstić information content (AvgIpc) is 2.61. The highest BCUT2D eigenvalue weighted by atomic mass is 16.6. The molecule has 0 fully saturated rings. The number of nitro benzene ring substituents is 1. The molecule has 1 atom stereocenters. The van der Waals surface area contributed by atoms with Crippen molar-refractivity contribution < 1.29 is 14.8 Å². The van der Waals surface area contributed by atoms with E-state index in [0.29, 0.717) is 6.54 Å². The van der Waals surface area contributed by atoms with Gasteiger partial charge in [0.25, 0.3) is 5.91 Å². The lowest BCUT2D eigenvalue weighted by molar-refractivity contribution is -0.385. The Labute approximate surface area is 152 Å². The van der Waals surface area contributed by atoms with Crippen LogP contribution in [0, 0.1) is 10.1 Å². The maximum atomic E-state index is 12.3. The Bertz CT molecular complexity index is 788. The zero-order valence-corrected chi connectivity index (χ0v) is 15.1. The van der Waals surface area contributed by atoms with Crippen molar-refractivity contribution >= 4 is 11.6 Å². The minimum atomic E-state index is -0.695. The number of likely N-dealkylation sites (N-methyl/N-ethyl adjacent to an activating group) is 1. The van der Waals surface area contributed by atoms with Gasteiger partial charge in [0.1, 0.15) is 0 Å². The molecule has 0 aromatic heterocycles. The maximum absolute atomic E-state index is 12.3. The smallest absolute Gasteiger partial charge is 0.310 e. The number of aryl methyl sites for hydroxylation is 1. The van der Waals surface area contributed by atoms with E-state index in [0.717, 1.165) is 24.1 Å². The number of amides is 1. The molecule has 0 aliphatic heterocycles. The predicted octanol–water partition coefficient (Wildman–Crippen LogP) is 2.90. The Morgan fingerprint density at radius 3 is 2.38 bits per heavy atom. The van der Waals surface area contributed by atoms with E-state index in [1.807, 2.05) is 31.1 Å². The minimum Gasteiger partial charge on any atom is -0.502 e. The van der Waals surface area contributed by atoms with Crippen molar-refractivity contribution in [2.75, 3.05) is 20.6 Å². The van der Waals surface area contributed by atoms with E-state index >= 15 is 0 Å². The second-order valence-corrected chi connectivity index (χ2v) is 6.25. The van der Waals surface area contributed by atoms with Crippen LogP contribution in [0.4, 0.5) is 5.69 Å². The summed E-state index contributed by atoms with van der Waals surface area (Å²) in [4.78, 5) is 24.4. The van der Waals surface area contributed by atoms with Crippen LogP contribution in [0.2, 0.25) is 0 Å². The molecule has 2 N–H and O–H groups in total. The number of nitro groups is 1. The number of phenols is 1. The average molecular weight is 357 g/mol. The largest absolute Gasteiger partial charge is 0.502 e. The van der Waals surface area contributed by atoms with Gasteiger partial charge in [0.2, 0.25) is 0 Å². The topological polar surface area (TPSA) is 95.7 Å². The Kier molecular flexibility index (Phi) is 6.30. The van der Waals surface area contributed by atoms with E-state index < -0.39 is 22.3 Å². The number of nitrogens with zero attached hydrogens (tertiary/aromatic N) is 2. The van der Waals surface area contributed by atoms with Gasteiger partial charge in [-0.15, -0.1) is 0 Å². The van der Waals surface area contributed by atoms with Crippen molar-refractivity contribution in [2.24, 2.45) is 0 Å². The first-order chi connectivity index (χ1) is 12.3. The summed E-state index contributed by atoms with van der Waals surface area (Å²) in [6.45, 7) is 2.47. The molecular formula is C19H23N3O4. The molecular weight excluding hydrogens is 334 g/mol. The summed E-state index contributed by atoms with van der Waals surface area (Å²) in [6, 6.07) is 11.8. The van der Waals surface area contributed by atoms with Crippen molar-refractivity contribution in [1.29, 1.82) is 0 Å². The number of carbonyl (C=O) groups is 1. The summed E-state index contributed by atoms with van der Waals surface area (Å²) < 4.78 is 0. The Hall–Kier alpha value is -2.93. The molecule has 0 saturated carbocycles. The molecule has 0 bridgehead atoms. The molecule has 1 unspecified atom stereocenters. The standard InChI is InChI=1S/C19H23N3O4/c1-4-13-5-7-14(8-6-13)17(21(2)3)12-20-19(24)15-9-10-16(22(25)26)18(23)11-15/h5-11,17,23H,4,12H2,1-3H3,(H,20,24). The number of nitrogens with one attached hydrogen (secondary N) is 1. The number of aromatic hydroxyl groups is 1. The number of hydrogen-bond acceptors (Lipinski definition) is 5. The molecule has 0 saturated heterocycles. The third-order valence-electron chi connectivity index (χ3n) is 4.29. The first-order valence-corrected chi connectivity index (χ1v) is 8.34. The number of hydrogen-bond donors (Lipinski definition) is 2. The number of rotatable bonds is 7. The molecule has 0 heterocycles. The first-order valence-electron chi connectivity index (χ1n) is 8.34. The van der Waals surface area contributed by atoms with Crippen molar-refractivity contribution in [2.45, 2.75) is 19.4 Å². The molecule has 0 spiro atoms. The van der Waals surface area contributed by atoms with Crippen LogP contribution in [-0.2, 0) is 6.42 Å². The highest BCUT2D eigenvalue weighted by molar-refractivity contribution is 5.95. The fraction of sp³-hybridized carbons (Fsp3) is 0.316. The zero-order chi connectivity index (χ0) is 19.3. The lowest BCUT2D eigenvalue weighted by atomic mass is 10.0. The van der Waals surface area contributed by atoms with E-state index in [2.05, 4.69) is 24.4 Å². The summed E-state index contributed by atoms with van der Waals surface area (Å²) >= 11 is 0. The SMILES string of the molecule is CCc1ccc(C(CNC(=O)c2ccc([N+](=O)[O-])c(O)c2)N(C)C)cc1. The third-order valence-corrected chi connectivity index (χ3v) is 4.29. The van der Waals surface area contributed by atoms with Gasteiger partial charge in [-0.1, -0.05) is 31.2 Å². The van der Waals surface area contributed by atoms with Gasteiger partial charge in [-0.3, -0.25) is 14.9 Å². The van der Waals surface area contributed by atoms with Gasteiger partial charge in [-0.25, -0.2) is 0 Å². The molecule has 1 amide bonds. The second kappa shape index (κ2) is 8.44. The summed E-state index contributed by atoms with van der Waals surface area (Å²) in [7, 11) is 3.87. The monoisotopic (exact) mass is 357 g/mol. The fourth-order valence-electron chi connectivity index (χ4n) is 2.68. The Morgan fingerprint density at radius 1 is 1.23 bits per heavy atom. The van der Waals surface area contributed by atoms with Gasteiger partial charge in [-0.2, -0.15) is 0 Å². The van der Waals surface area contributed by atoms with E-state index in [-0.39, 0.29) is 11.6 Å². The number of phenolic OH excluding ortho intramolecular Hbond substituents is 1. The van der Waals surface area contributed by atoms with Crippen LogP contribution in [0.5, 0.6) is 5.75 Å². The quantitative estimate of drug-likeness (QED) is 0.587. The first kappa shape index (κ1) is 19.4. The van der Waals surface area contributed by atoms with Crippen LogP contribution in [0.25, 0.3) is 0 Å². The van der Waals surface area contributed by atoms with Crippen molar-refractivity contribution in [3.05, 3.63) is 69.3 Å². The summed E-state index contributed by atoms with van der Waals surface area (Å²) in [5, 5.41) is 23.2. The van der Waals surface area contributed by atoms with Gasteiger partial charge >= 0.3 is 5.69 Å². The highest BCUT2D eigenvalue weighted by Gasteiger charge is 2.18. The molecule has 7 heteroatoms. The number of carbonyl (C=O) groups excluding carboxylic acids is 1. The minimum absolute atomic E-state index is 0.0171. The molecule has 2 rings (SSSR count). The second-order valence-electron chi connectivity index (χ2n) is 6.25. The number of benzene rings is 2. The van der Waals surface area contributed by atoms with Crippen LogP contribution in [0.3, 0.4) is 0 Å². The van der Waals surface area contributed by atoms with Crippen molar-refractivity contribution in [3.8, 4) is 5.75 Å².